The molecule has 2 bridgehead atoms. The van der Waals surface area contributed by atoms with Crippen LogP contribution in [0.2, 0.25) is 0 Å². The van der Waals surface area contributed by atoms with Gasteiger partial charge in [-0.2, -0.15) is 0 Å². The number of carboxylic acid groups (broad SMARTS) is 1. The molecule has 0 saturated carbocycles. The fourth-order valence-electron chi connectivity index (χ4n) is 6.49. The number of carbonyl (C=O) groups excluding carboxylic acids is 1. The van der Waals surface area contributed by atoms with Crippen molar-refractivity contribution in [3.63, 3.8) is 0 Å². The first-order chi connectivity index (χ1) is 18.1. The third-order valence-corrected chi connectivity index (χ3v) is 9.39. The average molecular weight is 527 g/mol. The van der Waals surface area contributed by atoms with Gasteiger partial charge in [0.25, 0.3) is 0 Å². The number of amides is 3. The van der Waals surface area contributed by atoms with E-state index in [0.717, 1.165) is 35.0 Å². The Bertz CT molecular complexity index is 1100. The third-order valence-electron chi connectivity index (χ3n) is 9.39. The van der Waals surface area contributed by atoms with Gasteiger partial charge in [0.15, 0.2) is 0 Å². The largest absolute Gasteiger partial charge is 0.494 e. The Balaban J connectivity index is 1.36. The van der Waals surface area contributed by atoms with Gasteiger partial charge >= 0.3 is 19.2 Å². The van der Waals surface area contributed by atoms with Crippen molar-refractivity contribution < 1.29 is 33.5 Å². The van der Waals surface area contributed by atoms with Crippen LogP contribution < -0.4 is 5.46 Å². The minimum absolute atomic E-state index is 0.0578. The number of rotatable bonds is 2. The molecule has 1 aromatic carbocycles. The topological polar surface area (TPSA) is 101 Å². The number of hydrogen-bond donors (Lipinski definition) is 1. The summed E-state index contributed by atoms with van der Waals surface area (Å²) in [5.41, 5.74) is 2.88. The predicted molar refractivity (Wildman–Crippen MR) is 139 cm³/mol. The average Bonchev–Trinajstić information content (AvgIpc) is 3.27. The first kappa shape index (κ1) is 25.9. The van der Waals surface area contributed by atoms with Gasteiger partial charge in [0, 0.05) is 19.6 Å². The van der Waals surface area contributed by atoms with Gasteiger partial charge in [0.05, 0.1) is 55.8 Å². The van der Waals surface area contributed by atoms with E-state index in [-0.39, 0.29) is 24.7 Å². The zero-order valence-electron chi connectivity index (χ0n) is 22.8. The van der Waals surface area contributed by atoms with Gasteiger partial charge < -0.3 is 33.7 Å². The number of morpholine rings is 2. The van der Waals surface area contributed by atoms with E-state index in [0.29, 0.717) is 45.9 Å². The summed E-state index contributed by atoms with van der Waals surface area (Å²) in [5, 5.41) is 10.0. The van der Waals surface area contributed by atoms with E-state index in [1.54, 1.807) is 0 Å². The van der Waals surface area contributed by atoms with Crippen LogP contribution in [0.5, 0.6) is 0 Å². The number of carbonyl (C=O) groups is 2. The normalized spacial score (nSPS) is 29.9. The van der Waals surface area contributed by atoms with Crippen LogP contribution in [0.1, 0.15) is 63.3 Å². The summed E-state index contributed by atoms with van der Waals surface area (Å²) in [7, 11) is -0.560. The van der Waals surface area contributed by atoms with Crippen LogP contribution in [0, 0.1) is 0 Å². The molecule has 5 aliphatic heterocycles. The second kappa shape index (κ2) is 9.40. The second-order valence-corrected chi connectivity index (χ2v) is 12.2. The second-order valence-electron chi connectivity index (χ2n) is 12.2. The molecule has 1 N–H and O–H groups in total. The molecule has 3 amide bonds. The van der Waals surface area contributed by atoms with Crippen molar-refractivity contribution in [2.45, 2.75) is 82.8 Å². The molecule has 6 rings (SSSR count). The first-order valence-corrected chi connectivity index (χ1v) is 13.8. The van der Waals surface area contributed by atoms with Crippen molar-refractivity contribution in [2.24, 2.45) is 0 Å². The summed E-state index contributed by atoms with van der Waals surface area (Å²) < 4.78 is 24.2. The van der Waals surface area contributed by atoms with E-state index in [1.165, 1.54) is 4.90 Å². The van der Waals surface area contributed by atoms with E-state index in [1.807, 2.05) is 43.6 Å². The number of ether oxygens (including phenoxy) is 2. The van der Waals surface area contributed by atoms with Crippen LogP contribution in [0.3, 0.4) is 0 Å². The van der Waals surface area contributed by atoms with E-state index >= 15 is 0 Å². The molecule has 2 unspecified atom stereocenters. The van der Waals surface area contributed by atoms with Crippen molar-refractivity contribution in [2.75, 3.05) is 39.5 Å². The first-order valence-electron chi connectivity index (χ1n) is 13.8. The Labute approximate surface area is 224 Å². The summed E-state index contributed by atoms with van der Waals surface area (Å²) in [6, 6.07) is 4.01. The van der Waals surface area contributed by atoms with Crippen LogP contribution in [-0.2, 0) is 31.7 Å². The van der Waals surface area contributed by atoms with Gasteiger partial charge in [-0.3, -0.25) is 4.90 Å². The number of fused-ring (bicyclic) bond motifs is 3. The maximum absolute atomic E-state index is 13.7. The molecule has 3 atom stereocenters. The Kier molecular flexibility index (Phi) is 6.41. The Hall–Kier alpha value is -2.34. The van der Waals surface area contributed by atoms with Crippen molar-refractivity contribution in [3.8, 4) is 0 Å². The zero-order valence-corrected chi connectivity index (χ0v) is 22.8. The Morgan fingerprint density at radius 1 is 0.974 bits per heavy atom. The summed E-state index contributed by atoms with van der Waals surface area (Å²) in [6.45, 7) is 11.3. The molecule has 4 saturated heterocycles. The molecule has 0 aliphatic carbocycles. The molecular weight excluding hydrogens is 489 g/mol. The quantitative estimate of drug-likeness (QED) is 0.590. The molecule has 1 aromatic rings. The van der Waals surface area contributed by atoms with Crippen LogP contribution in [0.25, 0.3) is 0 Å². The highest BCUT2D eigenvalue weighted by atomic mass is 16.7. The molecular formula is C27H38BN3O7. The molecule has 4 fully saturated rings. The van der Waals surface area contributed by atoms with Crippen molar-refractivity contribution in [1.82, 2.24) is 14.7 Å². The fraction of sp³-hybridized carbons (Fsp3) is 0.704. The molecule has 0 radical (unpaired) electrons. The van der Waals surface area contributed by atoms with Crippen molar-refractivity contribution >= 4 is 24.7 Å². The highest BCUT2D eigenvalue weighted by molar-refractivity contribution is 6.62. The summed E-state index contributed by atoms with van der Waals surface area (Å²) in [6.07, 6.45) is 1.68. The van der Waals surface area contributed by atoms with Gasteiger partial charge in [-0.05, 0) is 69.1 Å². The van der Waals surface area contributed by atoms with E-state index < -0.39 is 30.5 Å². The van der Waals surface area contributed by atoms with Gasteiger partial charge in [0.1, 0.15) is 0 Å². The van der Waals surface area contributed by atoms with Gasteiger partial charge in [-0.1, -0.05) is 12.1 Å². The lowest BCUT2D eigenvalue weighted by Gasteiger charge is -2.41. The lowest BCUT2D eigenvalue weighted by Crippen LogP contribution is -2.55. The fourth-order valence-corrected chi connectivity index (χ4v) is 6.49. The van der Waals surface area contributed by atoms with Crippen molar-refractivity contribution in [1.29, 1.82) is 0 Å². The Morgan fingerprint density at radius 3 is 2.32 bits per heavy atom. The maximum Gasteiger partial charge on any atom is 0.494 e. The molecule has 11 heteroatoms. The molecule has 0 aromatic heterocycles. The third kappa shape index (κ3) is 4.27. The molecule has 5 heterocycles. The van der Waals surface area contributed by atoms with E-state index in [4.69, 9.17) is 18.8 Å². The monoisotopic (exact) mass is 527 g/mol. The van der Waals surface area contributed by atoms with Crippen LogP contribution in [-0.4, -0.2) is 102 Å². The number of hydrogen-bond acceptors (Lipinski definition) is 6. The van der Waals surface area contributed by atoms with Gasteiger partial charge in [-0.15, -0.1) is 0 Å². The standard InChI is InChI=1S/C27H38BN3O7/c1-26(2)27(3,4)38-28(37-26)18-11-17-7-8-29(24(32)31-19-5-6-20(31)15-36-14-19)13-22(17)21(12-18)23-16-35-10-9-30(23)25(33)34/h11-12,19-20,23H,5-10,13-16H2,1-4H3,(H,33,34)/t19?,20?,23-/m0/s1. The zero-order chi connectivity index (χ0) is 26.8. The molecule has 206 valence electrons. The Morgan fingerprint density at radius 2 is 1.66 bits per heavy atom. The highest BCUT2D eigenvalue weighted by Crippen LogP contribution is 2.38. The predicted octanol–water partition coefficient (Wildman–Crippen LogP) is 2.38. The summed E-state index contributed by atoms with van der Waals surface area (Å²) in [4.78, 5) is 31.3. The SMILES string of the molecule is CC1(C)OB(c2cc3c(c([C@@H]4COCCN4C(=O)O)c2)CN(C(=O)N2C4CCC2COC4)CC3)OC1(C)C. The molecule has 5 aliphatic rings. The number of urea groups is 1. The number of nitrogens with zero attached hydrogens (tertiary/aromatic N) is 3. The van der Waals surface area contributed by atoms with Gasteiger partial charge in [0.2, 0.25) is 0 Å². The van der Waals surface area contributed by atoms with E-state index in [9.17, 15) is 14.7 Å². The molecule has 10 nitrogen and oxygen atoms in total. The summed E-state index contributed by atoms with van der Waals surface area (Å²) >= 11 is 0. The molecule has 38 heavy (non-hydrogen) atoms. The van der Waals surface area contributed by atoms with Gasteiger partial charge in [-0.25, -0.2) is 9.59 Å². The summed E-state index contributed by atoms with van der Waals surface area (Å²) in [5.74, 6) is 0. The van der Waals surface area contributed by atoms with Crippen LogP contribution in [0.4, 0.5) is 9.59 Å². The molecule has 0 spiro atoms. The van der Waals surface area contributed by atoms with Crippen molar-refractivity contribution in [3.05, 3.63) is 28.8 Å². The maximum atomic E-state index is 13.7. The lowest BCUT2D eigenvalue weighted by atomic mass is 9.74. The van der Waals surface area contributed by atoms with Crippen LogP contribution >= 0.6 is 0 Å². The minimum atomic E-state index is -0.971. The number of benzene rings is 1. The minimum Gasteiger partial charge on any atom is -0.465 e. The van der Waals surface area contributed by atoms with E-state index in [2.05, 4.69) is 6.07 Å². The van der Waals surface area contributed by atoms with Crippen LogP contribution in [0.15, 0.2) is 12.1 Å². The highest BCUT2D eigenvalue weighted by Gasteiger charge is 2.52. The lowest BCUT2D eigenvalue weighted by molar-refractivity contribution is -0.00444. The smallest absolute Gasteiger partial charge is 0.465 e.